The molecule has 1 aliphatic carbocycles. The maximum Gasteiger partial charge on any atom is 0.173 e. The highest BCUT2D eigenvalue weighted by molar-refractivity contribution is 9.09. The summed E-state index contributed by atoms with van der Waals surface area (Å²) in [5.41, 5.74) is 5.24. The van der Waals surface area contributed by atoms with Gasteiger partial charge >= 0.3 is 0 Å². The molecule has 0 fully saturated rings. The fourth-order valence-electron chi connectivity index (χ4n) is 3.30. The lowest BCUT2D eigenvalue weighted by atomic mass is 9.84. The van der Waals surface area contributed by atoms with Crippen LogP contribution in [-0.4, -0.2) is 11.1 Å². The molecule has 1 aliphatic rings. The van der Waals surface area contributed by atoms with Gasteiger partial charge in [-0.05, 0) is 65.6 Å². The molecule has 0 amide bonds. The van der Waals surface area contributed by atoms with Crippen LogP contribution in [0.1, 0.15) is 46.8 Å². The molecule has 0 aromatic heterocycles. The van der Waals surface area contributed by atoms with E-state index in [1.165, 1.54) is 53.1 Å². The van der Waals surface area contributed by atoms with Gasteiger partial charge in [0.15, 0.2) is 5.78 Å². The van der Waals surface area contributed by atoms with Gasteiger partial charge in [0.25, 0.3) is 0 Å². The van der Waals surface area contributed by atoms with Gasteiger partial charge in [0, 0.05) is 5.56 Å². The third-order valence-electron chi connectivity index (χ3n) is 4.37. The van der Waals surface area contributed by atoms with Gasteiger partial charge in [0.05, 0.1) is 5.33 Å². The van der Waals surface area contributed by atoms with Gasteiger partial charge in [-0.15, -0.1) is 0 Å². The molecule has 0 bridgehead atoms. The SMILES string of the molecule is CCc1cc2c(c3ccc(C(=O)CBr)cc13)CCCC2. The van der Waals surface area contributed by atoms with Gasteiger partial charge in [-0.3, -0.25) is 4.79 Å². The van der Waals surface area contributed by atoms with Crippen LogP contribution in [-0.2, 0) is 19.3 Å². The highest BCUT2D eigenvalue weighted by Gasteiger charge is 2.16. The molecule has 0 N–H and O–H groups in total. The number of benzene rings is 2. The number of aryl methyl sites for hydroxylation is 3. The molecule has 0 saturated carbocycles. The van der Waals surface area contributed by atoms with E-state index in [9.17, 15) is 4.79 Å². The summed E-state index contributed by atoms with van der Waals surface area (Å²) in [6.45, 7) is 2.20. The minimum absolute atomic E-state index is 0.159. The fraction of sp³-hybridized carbons (Fsp3) is 0.389. The number of carbonyl (C=O) groups is 1. The Kier molecular flexibility index (Phi) is 3.93. The van der Waals surface area contributed by atoms with Crippen molar-refractivity contribution in [2.24, 2.45) is 0 Å². The summed E-state index contributed by atoms with van der Waals surface area (Å²) >= 11 is 3.26. The van der Waals surface area contributed by atoms with Crippen molar-refractivity contribution in [3.8, 4) is 0 Å². The van der Waals surface area contributed by atoms with E-state index in [-0.39, 0.29) is 5.78 Å². The number of Topliss-reactive ketones (excluding diaryl/α,β-unsaturated/α-hetero) is 1. The third-order valence-corrected chi connectivity index (χ3v) is 4.88. The van der Waals surface area contributed by atoms with E-state index in [0.29, 0.717) is 5.33 Å². The molecule has 0 aliphatic heterocycles. The minimum atomic E-state index is 0.159. The number of alkyl halides is 1. The average Bonchev–Trinajstić information content (AvgIpc) is 2.52. The van der Waals surface area contributed by atoms with Gasteiger partial charge in [-0.2, -0.15) is 0 Å². The number of carbonyl (C=O) groups excluding carboxylic acids is 1. The Morgan fingerprint density at radius 1 is 1.15 bits per heavy atom. The van der Waals surface area contributed by atoms with Crippen molar-refractivity contribution in [1.82, 2.24) is 0 Å². The van der Waals surface area contributed by atoms with Crippen molar-refractivity contribution in [2.75, 3.05) is 5.33 Å². The van der Waals surface area contributed by atoms with Gasteiger partial charge < -0.3 is 0 Å². The molecule has 3 rings (SSSR count). The smallest absolute Gasteiger partial charge is 0.173 e. The monoisotopic (exact) mass is 330 g/mol. The summed E-state index contributed by atoms with van der Waals surface area (Å²) in [5.74, 6) is 0.159. The second kappa shape index (κ2) is 5.69. The van der Waals surface area contributed by atoms with E-state index in [1.807, 2.05) is 6.07 Å². The third kappa shape index (κ3) is 2.31. The number of ketones is 1. The minimum Gasteiger partial charge on any atom is -0.293 e. The standard InChI is InChI=1S/C18H19BrO/c1-2-12-9-13-5-3-4-6-15(13)16-8-7-14(10-17(12)16)18(20)11-19/h7-10H,2-6,11H2,1H3. The van der Waals surface area contributed by atoms with Crippen LogP contribution in [0.3, 0.4) is 0 Å². The van der Waals surface area contributed by atoms with Crippen LogP contribution in [0, 0.1) is 0 Å². The van der Waals surface area contributed by atoms with Crippen LogP contribution in [0.2, 0.25) is 0 Å². The predicted octanol–water partition coefficient (Wildman–Crippen LogP) is 4.86. The number of hydrogen-bond donors (Lipinski definition) is 0. The second-order valence-electron chi connectivity index (χ2n) is 5.55. The Morgan fingerprint density at radius 2 is 1.95 bits per heavy atom. The summed E-state index contributed by atoms with van der Waals surface area (Å²) in [6.07, 6.45) is 6.01. The first-order valence-corrected chi connectivity index (χ1v) is 8.53. The average molecular weight is 331 g/mol. The maximum absolute atomic E-state index is 11.9. The molecule has 0 saturated heterocycles. The Labute approximate surface area is 128 Å². The first-order chi connectivity index (χ1) is 9.74. The van der Waals surface area contributed by atoms with Crippen LogP contribution in [0.25, 0.3) is 10.8 Å². The van der Waals surface area contributed by atoms with Crippen molar-refractivity contribution in [2.45, 2.75) is 39.0 Å². The molecular formula is C18H19BrO. The largest absolute Gasteiger partial charge is 0.293 e. The van der Waals surface area contributed by atoms with Crippen molar-refractivity contribution in [3.05, 3.63) is 46.5 Å². The van der Waals surface area contributed by atoms with Gasteiger partial charge in [-0.25, -0.2) is 0 Å². The summed E-state index contributed by atoms with van der Waals surface area (Å²) in [7, 11) is 0. The summed E-state index contributed by atoms with van der Waals surface area (Å²) in [5, 5.41) is 3.04. The van der Waals surface area contributed by atoms with Gasteiger partial charge in [0.2, 0.25) is 0 Å². The van der Waals surface area contributed by atoms with E-state index in [4.69, 9.17) is 0 Å². The van der Waals surface area contributed by atoms with Crippen LogP contribution in [0.5, 0.6) is 0 Å². The Hall–Kier alpha value is -1.15. The topological polar surface area (TPSA) is 17.1 Å². The second-order valence-corrected chi connectivity index (χ2v) is 6.11. The lowest BCUT2D eigenvalue weighted by molar-refractivity contribution is 0.102. The van der Waals surface area contributed by atoms with Crippen molar-refractivity contribution < 1.29 is 4.79 Å². The molecule has 0 radical (unpaired) electrons. The highest BCUT2D eigenvalue weighted by atomic mass is 79.9. The van der Waals surface area contributed by atoms with Crippen LogP contribution >= 0.6 is 15.9 Å². The van der Waals surface area contributed by atoms with Crippen molar-refractivity contribution >= 4 is 32.5 Å². The van der Waals surface area contributed by atoms with Gasteiger partial charge in [-0.1, -0.05) is 41.1 Å². The van der Waals surface area contributed by atoms with E-state index < -0.39 is 0 Å². The number of fused-ring (bicyclic) bond motifs is 3. The maximum atomic E-state index is 11.9. The predicted molar refractivity (Wildman–Crippen MR) is 88.1 cm³/mol. The van der Waals surface area contributed by atoms with E-state index in [0.717, 1.165) is 12.0 Å². The molecule has 1 nitrogen and oxygen atoms in total. The highest BCUT2D eigenvalue weighted by Crippen LogP contribution is 2.32. The molecule has 2 aromatic carbocycles. The zero-order valence-electron chi connectivity index (χ0n) is 11.8. The van der Waals surface area contributed by atoms with Crippen molar-refractivity contribution in [3.63, 3.8) is 0 Å². The summed E-state index contributed by atoms with van der Waals surface area (Å²) < 4.78 is 0. The Bertz CT molecular complexity index is 673. The molecule has 0 atom stereocenters. The molecule has 0 heterocycles. The quantitative estimate of drug-likeness (QED) is 0.580. The Balaban J connectivity index is 2.26. The first-order valence-electron chi connectivity index (χ1n) is 7.41. The van der Waals surface area contributed by atoms with Crippen molar-refractivity contribution in [1.29, 1.82) is 0 Å². The zero-order valence-corrected chi connectivity index (χ0v) is 13.4. The lowest BCUT2D eigenvalue weighted by Crippen LogP contribution is -2.06. The number of halogens is 1. The number of hydrogen-bond acceptors (Lipinski definition) is 1. The molecule has 104 valence electrons. The molecule has 2 aromatic rings. The van der Waals surface area contributed by atoms with E-state index >= 15 is 0 Å². The molecule has 0 unspecified atom stereocenters. The molecule has 0 spiro atoms. The molecule has 2 heteroatoms. The van der Waals surface area contributed by atoms with Crippen LogP contribution in [0.15, 0.2) is 24.3 Å². The zero-order chi connectivity index (χ0) is 14.1. The van der Waals surface area contributed by atoms with E-state index in [1.54, 1.807) is 0 Å². The normalized spacial score (nSPS) is 14.3. The van der Waals surface area contributed by atoms with E-state index in [2.05, 4.69) is 41.1 Å². The molecular weight excluding hydrogens is 312 g/mol. The van der Waals surface area contributed by atoms with Gasteiger partial charge in [0.1, 0.15) is 0 Å². The lowest BCUT2D eigenvalue weighted by Gasteiger charge is -2.20. The number of rotatable bonds is 3. The molecule has 20 heavy (non-hydrogen) atoms. The first kappa shape index (κ1) is 13.8. The fourth-order valence-corrected chi connectivity index (χ4v) is 3.62. The Morgan fingerprint density at radius 3 is 2.70 bits per heavy atom. The summed E-state index contributed by atoms with van der Waals surface area (Å²) in [4.78, 5) is 11.9. The van der Waals surface area contributed by atoms with Crippen LogP contribution < -0.4 is 0 Å². The van der Waals surface area contributed by atoms with Crippen LogP contribution in [0.4, 0.5) is 0 Å². The summed E-state index contributed by atoms with van der Waals surface area (Å²) in [6, 6.07) is 8.61.